The minimum absolute atomic E-state index is 0.0397. The normalized spacial score (nSPS) is 11.6. The second-order valence-electron chi connectivity index (χ2n) is 3.91. The van der Waals surface area contributed by atoms with Crippen LogP contribution in [0.1, 0.15) is 23.0 Å². The Kier molecular flexibility index (Phi) is 3.54. The molecule has 0 atom stereocenters. The number of hydrogen-bond acceptors (Lipinski definition) is 2. The van der Waals surface area contributed by atoms with Crippen LogP contribution < -0.4 is 0 Å². The maximum atomic E-state index is 12.8. The largest absolute Gasteiger partial charge is 0.453 e. The Hall–Kier alpha value is -1.56. The lowest BCUT2D eigenvalue weighted by atomic mass is 10.1. The average Bonchev–Trinajstić information content (AvgIpc) is 2.77. The molecule has 0 bridgehead atoms. The maximum absolute atomic E-state index is 12.8. The average molecular weight is 333 g/mol. The molecule has 0 radical (unpaired) electrons. The van der Waals surface area contributed by atoms with E-state index in [1.807, 2.05) is 0 Å². The highest BCUT2D eigenvalue weighted by Gasteiger charge is 2.33. The molecule has 2 nitrogen and oxygen atoms in total. The fraction of sp³-hybridized carbons (Fsp3) is 0.154. The SMILES string of the molecule is CC(=O)c1ccc(-c2ccc(Br)c(C(F)(F)F)c2)o1. The molecule has 1 heterocycles. The molecule has 0 N–H and O–H groups in total. The number of ketones is 1. The molecule has 19 heavy (non-hydrogen) atoms. The molecule has 6 heteroatoms. The molecule has 0 aliphatic carbocycles. The molecule has 0 fully saturated rings. The molecular formula is C13H8BrF3O2. The summed E-state index contributed by atoms with van der Waals surface area (Å²) in [5.74, 6) is 0.0640. The van der Waals surface area contributed by atoms with Crippen molar-refractivity contribution in [2.75, 3.05) is 0 Å². The second kappa shape index (κ2) is 4.85. The van der Waals surface area contributed by atoms with Gasteiger partial charge in [-0.3, -0.25) is 4.79 Å². The van der Waals surface area contributed by atoms with E-state index in [0.717, 1.165) is 6.07 Å². The van der Waals surface area contributed by atoms with Gasteiger partial charge in [-0.15, -0.1) is 0 Å². The van der Waals surface area contributed by atoms with E-state index >= 15 is 0 Å². The van der Waals surface area contributed by atoms with Crippen LogP contribution in [0.25, 0.3) is 11.3 Å². The number of benzene rings is 1. The van der Waals surface area contributed by atoms with Gasteiger partial charge in [0, 0.05) is 17.0 Å². The predicted octanol–water partition coefficient (Wildman–Crippen LogP) is 4.93. The van der Waals surface area contributed by atoms with E-state index in [0.29, 0.717) is 0 Å². The lowest BCUT2D eigenvalue weighted by Gasteiger charge is -2.10. The minimum Gasteiger partial charge on any atom is -0.453 e. The molecular weight excluding hydrogens is 325 g/mol. The van der Waals surface area contributed by atoms with Crippen molar-refractivity contribution in [2.45, 2.75) is 13.1 Å². The van der Waals surface area contributed by atoms with Crippen LogP contribution in [0.4, 0.5) is 13.2 Å². The van der Waals surface area contributed by atoms with Crippen molar-refractivity contribution in [1.29, 1.82) is 0 Å². The summed E-state index contributed by atoms with van der Waals surface area (Å²) in [5, 5.41) is 0. The van der Waals surface area contributed by atoms with Crippen molar-refractivity contribution in [3.05, 3.63) is 46.1 Å². The molecule has 1 aromatic heterocycles. The van der Waals surface area contributed by atoms with Gasteiger partial charge in [-0.25, -0.2) is 0 Å². The highest BCUT2D eigenvalue weighted by atomic mass is 79.9. The lowest BCUT2D eigenvalue weighted by molar-refractivity contribution is -0.138. The predicted molar refractivity (Wildman–Crippen MR) is 66.9 cm³/mol. The monoisotopic (exact) mass is 332 g/mol. The Balaban J connectivity index is 2.48. The first kappa shape index (κ1) is 13.9. The van der Waals surface area contributed by atoms with Crippen LogP contribution >= 0.6 is 15.9 Å². The van der Waals surface area contributed by atoms with Crippen LogP contribution in [0.5, 0.6) is 0 Å². The van der Waals surface area contributed by atoms with Gasteiger partial charge in [0.15, 0.2) is 11.5 Å². The van der Waals surface area contributed by atoms with Crippen molar-refractivity contribution in [2.24, 2.45) is 0 Å². The summed E-state index contributed by atoms with van der Waals surface area (Å²) in [7, 11) is 0. The minimum atomic E-state index is -4.45. The maximum Gasteiger partial charge on any atom is 0.417 e. The molecule has 2 rings (SSSR count). The number of hydrogen-bond donors (Lipinski definition) is 0. The third-order valence-corrected chi connectivity index (χ3v) is 3.20. The van der Waals surface area contributed by atoms with E-state index in [1.54, 1.807) is 0 Å². The zero-order valence-corrected chi connectivity index (χ0v) is 11.3. The first-order chi connectivity index (χ1) is 8.79. The van der Waals surface area contributed by atoms with Gasteiger partial charge in [0.25, 0.3) is 0 Å². The Morgan fingerprint density at radius 1 is 1.21 bits per heavy atom. The van der Waals surface area contributed by atoms with Gasteiger partial charge in [0.05, 0.1) is 5.56 Å². The molecule has 0 saturated carbocycles. The fourth-order valence-electron chi connectivity index (χ4n) is 1.58. The molecule has 1 aromatic carbocycles. The van der Waals surface area contributed by atoms with Gasteiger partial charge >= 0.3 is 6.18 Å². The van der Waals surface area contributed by atoms with E-state index < -0.39 is 11.7 Å². The molecule has 0 aliphatic heterocycles. The van der Waals surface area contributed by atoms with Gasteiger partial charge < -0.3 is 4.42 Å². The van der Waals surface area contributed by atoms with Gasteiger partial charge in [0.1, 0.15) is 5.76 Å². The highest BCUT2D eigenvalue weighted by molar-refractivity contribution is 9.10. The Bertz CT molecular complexity index is 629. The molecule has 0 amide bonds. The molecule has 0 unspecified atom stereocenters. The summed E-state index contributed by atoms with van der Waals surface area (Å²) in [6, 6.07) is 6.68. The van der Waals surface area contributed by atoms with Crippen molar-refractivity contribution in [1.82, 2.24) is 0 Å². The molecule has 0 saturated heterocycles. The van der Waals surface area contributed by atoms with Crippen LogP contribution in [0, 0.1) is 0 Å². The topological polar surface area (TPSA) is 30.2 Å². The third kappa shape index (κ3) is 2.89. The van der Waals surface area contributed by atoms with Crippen LogP contribution in [0.2, 0.25) is 0 Å². The van der Waals surface area contributed by atoms with E-state index in [2.05, 4.69) is 15.9 Å². The number of rotatable bonds is 2. The van der Waals surface area contributed by atoms with Crippen LogP contribution in [0.15, 0.2) is 39.2 Å². The zero-order chi connectivity index (χ0) is 14.2. The fourth-order valence-corrected chi connectivity index (χ4v) is 2.05. The number of carbonyl (C=O) groups excluding carboxylic acids is 1. The summed E-state index contributed by atoms with van der Waals surface area (Å²) < 4.78 is 43.5. The summed E-state index contributed by atoms with van der Waals surface area (Å²) in [6.07, 6.45) is -4.45. The van der Waals surface area contributed by atoms with Crippen molar-refractivity contribution < 1.29 is 22.4 Å². The summed E-state index contributed by atoms with van der Waals surface area (Å²) >= 11 is 2.86. The van der Waals surface area contributed by atoms with Gasteiger partial charge in [0.2, 0.25) is 0 Å². The van der Waals surface area contributed by atoms with Gasteiger partial charge in [-0.2, -0.15) is 13.2 Å². The molecule has 2 aromatic rings. The smallest absolute Gasteiger partial charge is 0.417 e. The lowest BCUT2D eigenvalue weighted by Crippen LogP contribution is -2.06. The van der Waals surface area contributed by atoms with Gasteiger partial charge in [-0.1, -0.05) is 22.0 Å². The molecule has 100 valence electrons. The van der Waals surface area contributed by atoms with E-state index in [9.17, 15) is 18.0 Å². The quantitative estimate of drug-likeness (QED) is 0.730. The Morgan fingerprint density at radius 2 is 1.89 bits per heavy atom. The van der Waals surface area contributed by atoms with Gasteiger partial charge in [-0.05, 0) is 24.3 Å². The van der Waals surface area contributed by atoms with Crippen LogP contribution in [0.3, 0.4) is 0 Å². The van der Waals surface area contributed by atoms with Crippen LogP contribution in [-0.2, 0) is 6.18 Å². The number of alkyl halides is 3. The van der Waals surface area contributed by atoms with E-state index in [4.69, 9.17) is 4.42 Å². The second-order valence-corrected chi connectivity index (χ2v) is 4.77. The first-order valence-electron chi connectivity index (χ1n) is 5.27. The zero-order valence-electron chi connectivity index (χ0n) is 9.72. The Labute approximate surface area is 115 Å². The number of carbonyl (C=O) groups is 1. The van der Waals surface area contributed by atoms with E-state index in [1.165, 1.54) is 31.2 Å². The Morgan fingerprint density at radius 3 is 2.42 bits per heavy atom. The number of halogens is 4. The molecule has 0 aliphatic rings. The van der Waals surface area contributed by atoms with E-state index in [-0.39, 0.29) is 27.3 Å². The third-order valence-electron chi connectivity index (χ3n) is 2.51. The summed E-state index contributed by atoms with van der Waals surface area (Å²) in [5.41, 5.74) is -0.520. The first-order valence-corrected chi connectivity index (χ1v) is 6.06. The van der Waals surface area contributed by atoms with Crippen LogP contribution in [-0.4, -0.2) is 5.78 Å². The van der Waals surface area contributed by atoms with Crippen molar-refractivity contribution in [3.63, 3.8) is 0 Å². The summed E-state index contributed by atoms with van der Waals surface area (Å²) in [4.78, 5) is 11.1. The highest BCUT2D eigenvalue weighted by Crippen LogP contribution is 2.37. The van der Waals surface area contributed by atoms with Crippen molar-refractivity contribution in [3.8, 4) is 11.3 Å². The molecule has 0 spiro atoms. The summed E-state index contributed by atoms with van der Waals surface area (Å²) in [6.45, 7) is 1.32. The van der Waals surface area contributed by atoms with Crippen molar-refractivity contribution >= 4 is 21.7 Å². The number of Topliss-reactive ketones (excluding diaryl/α,β-unsaturated/α-hetero) is 1. The standard InChI is InChI=1S/C13H8BrF3O2/c1-7(18)11-4-5-12(19-11)8-2-3-10(14)9(6-8)13(15,16)17/h2-6H,1H3. The number of furan rings is 1.